The van der Waals surface area contributed by atoms with E-state index in [1.165, 1.54) is 7.05 Å². The third kappa shape index (κ3) is 4.47. The fourth-order valence-electron chi connectivity index (χ4n) is 2.81. The Kier molecular flexibility index (Phi) is 5.87. The van der Waals surface area contributed by atoms with E-state index in [-0.39, 0.29) is 0 Å². The van der Waals surface area contributed by atoms with E-state index >= 15 is 0 Å². The maximum atomic E-state index is 12.3. The summed E-state index contributed by atoms with van der Waals surface area (Å²) in [7, 11) is 1.53. The standard InChI is InChI=1S/C13H23F3N4O2/c1-17-12(18-8-11(21)13(14,15)16)20-3-2-10(9-20)19-4-6-22-7-5-19/h10-11,21H,2-9H2,1H3,(H,17,18). The minimum atomic E-state index is -4.62. The van der Waals surface area contributed by atoms with Gasteiger partial charge in [-0.2, -0.15) is 13.2 Å². The Hall–Kier alpha value is -1.06. The number of aliphatic hydroxyl groups excluding tert-OH is 1. The Morgan fingerprint density at radius 3 is 2.64 bits per heavy atom. The van der Waals surface area contributed by atoms with E-state index in [2.05, 4.69) is 15.2 Å². The number of guanidine groups is 1. The van der Waals surface area contributed by atoms with Gasteiger partial charge < -0.3 is 20.1 Å². The average molecular weight is 324 g/mol. The number of aliphatic imine (C=N–C) groups is 1. The van der Waals surface area contributed by atoms with E-state index in [1.807, 2.05) is 4.90 Å². The minimum absolute atomic E-state index is 0.370. The van der Waals surface area contributed by atoms with Crippen molar-refractivity contribution in [2.45, 2.75) is 24.7 Å². The summed E-state index contributed by atoms with van der Waals surface area (Å²) in [5.41, 5.74) is 0. The molecular formula is C13H23F3N4O2. The van der Waals surface area contributed by atoms with Crippen LogP contribution < -0.4 is 5.32 Å². The SMILES string of the molecule is CN=C(NCC(O)C(F)(F)F)N1CCC(N2CCOCC2)C1. The van der Waals surface area contributed by atoms with Gasteiger partial charge in [0.1, 0.15) is 0 Å². The van der Waals surface area contributed by atoms with Crippen LogP contribution in [0, 0.1) is 0 Å². The predicted molar refractivity (Wildman–Crippen MR) is 75.8 cm³/mol. The van der Waals surface area contributed by atoms with E-state index in [9.17, 15) is 13.2 Å². The Labute approximate surface area is 127 Å². The summed E-state index contributed by atoms with van der Waals surface area (Å²) in [6.07, 6.45) is -6.06. The highest BCUT2D eigenvalue weighted by Crippen LogP contribution is 2.20. The number of rotatable bonds is 3. The number of alkyl halides is 3. The van der Waals surface area contributed by atoms with Crippen LogP contribution in [0.4, 0.5) is 13.2 Å². The number of halogens is 3. The Morgan fingerprint density at radius 2 is 2.05 bits per heavy atom. The molecule has 0 aromatic heterocycles. The monoisotopic (exact) mass is 324 g/mol. The zero-order valence-corrected chi connectivity index (χ0v) is 12.6. The lowest BCUT2D eigenvalue weighted by Crippen LogP contribution is -2.48. The van der Waals surface area contributed by atoms with E-state index in [1.54, 1.807) is 0 Å². The molecule has 22 heavy (non-hydrogen) atoms. The highest BCUT2D eigenvalue weighted by atomic mass is 19.4. The molecule has 2 aliphatic heterocycles. The number of aliphatic hydroxyl groups is 1. The second-order valence-corrected chi connectivity index (χ2v) is 5.52. The van der Waals surface area contributed by atoms with Crippen LogP contribution in [0.1, 0.15) is 6.42 Å². The van der Waals surface area contributed by atoms with Crippen LogP contribution in [0.5, 0.6) is 0 Å². The number of nitrogens with zero attached hydrogens (tertiary/aromatic N) is 3. The fraction of sp³-hybridized carbons (Fsp3) is 0.923. The van der Waals surface area contributed by atoms with Crippen LogP contribution in [-0.4, -0.2) is 92.2 Å². The molecule has 0 spiro atoms. The summed E-state index contributed by atoms with van der Waals surface area (Å²) >= 11 is 0. The van der Waals surface area contributed by atoms with E-state index in [0.717, 1.165) is 45.8 Å². The summed E-state index contributed by atoms with van der Waals surface area (Å²) in [4.78, 5) is 8.30. The molecule has 2 saturated heterocycles. The van der Waals surface area contributed by atoms with Crippen molar-refractivity contribution >= 4 is 5.96 Å². The lowest BCUT2D eigenvalue weighted by molar-refractivity contribution is -0.201. The normalized spacial score (nSPS) is 26.3. The third-order valence-electron chi connectivity index (χ3n) is 4.07. The van der Waals surface area contributed by atoms with Crippen molar-refractivity contribution in [1.82, 2.24) is 15.1 Å². The molecule has 2 atom stereocenters. The second kappa shape index (κ2) is 7.47. The van der Waals surface area contributed by atoms with Gasteiger partial charge in [-0.25, -0.2) is 0 Å². The molecule has 6 nitrogen and oxygen atoms in total. The molecule has 2 fully saturated rings. The number of likely N-dealkylation sites (tertiary alicyclic amines) is 1. The van der Waals surface area contributed by atoms with Gasteiger partial charge in [-0.1, -0.05) is 0 Å². The molecule has 9 heteroatoms. The van der Waals surface area contributed by atoms with Gasteiger partial charge in [0.05, 0.1) is 19.8 Å². The second-order valence-electron chi connectivity index (χ2n) is 5.52. The van der Waals surface area contributed by atoms with Crippen LogP contribution in [0.15, 0.2) is 4.99 Å². The summed E-state index contributed by atoms with van der Waals surface area (Å²) in [6.45, 7) is 4.09. The Bertz CT molecular complexity index is 386. The first-order chi connectivity index (χ1) is 10.4. The van der Waals surface area contributed by atoms with Crippen LogP contribution in [0.25, 0.3) is 0 Å². The quantitative estimate of drug-likeness (QED) is 0.560. The number of hydrogen-bond donors (Lipinski definition) is 2. The average Bonchev–Trinajstić information content (AvgIpc) is 2.97. The van der Waals surface area contributed by atoms with Gasteiger partial charge >= 0.3 is 6.18 Å². The van der Waals surface area contributed by atoms with Crippen molar-refractivity contribution in [1.29, 1.82) is 0 Å². The van der Waals surface area contributed by atoms with Gasteiger partial charge in [-0.15, -0.1) is 0 Å². The lowest BCUT2D eigenvalue weighted by atomic mass is 10.2. The largest absolute Gasteiger partial charge is 0.416 e. The van der Waals surface area contributed by atoms with Crippen molar-refractivity contribution in [3.63, 3.8) is 0 Å². The maximum absolute atomic E-state index is 12.3. The first kappa shape index (κ1) is 17.3. The molecule has 0 amide bonds. The Balaban J connectivity index is 1.82. The zero-order valence-electron chi connectivity index (χ0n) is 12.6. The number of ether oxygens (including phenoxy) is 1. The van der Waals surface area contributed by atoms with Crippen molar-refractivity contribution in [3.8, 4) is 0 Å². The molecule has 2 unspecified atom stereocenters. The van der Waals surface area contributed by atoms with E-state index < -0.39 is 18.8 Å². The summed E-state index contributed by atoms with van der Waals surface area (Å²) < 4.78 is 42.3. The molecule has 0 radical (unpaired) electrons. The molecule has 2 heterocycles. The fourth-order valence-corrected chi connectivity index (χ4v) is 2.81. The Morgan fingerprint density at radius 1 is 1.36 bits per heavy atom. The van der Waals surface area contributed by atoms with Crippen LogP contribution >= 0.6 is 0 Å². The molecule has 0 bridgehead atoms. The van der Waals surface area contributed by atoms with Crippen LogP contribution in [0.3, 0.4) is 0 Å². The van der Waals surface area contributed by atoms with Crippen LogP contribution in [-0.2, 0) is 4.74 Å². The van der Waals surface area contributed by atoms with Gasteiger partial charge in [0.2, 0.25) is 0 Å². The number of morpholine rings is 1. The van der Waals surface area contributed by atoms with Gasteiger partial charge in [0.15, 0.2) is 12.1 Å². The highest BCUT2D eigenvalue weighted by molar-refractivity contribution is 5.80. The highest BCUT2D eigenvalue weighted by Gasteiger charge is 2.38. The maximum Gasteiger partial charge on any atom is 0.416 e. The molecule has 2 rings (SSSR count). The van der Waals surface area contributed by atoms with Crippen molar-refractivity contribution in [3.05, 3.63) is 0 Å². The topological polar surface area (TPSA) is 60.3 Å². The van der Waals surface area contributed by atoms with Gasteiger partial charge in [-0.05, 0) is 6.42 Å². The minimum Gasteiger partial charge on any atom is -0.382 e. The predicted octanol–water partition coefficient (Wildman–Crippen LogP) is -0.109. The van der Waals surface area contributed by atoms with Crippen molar-refractivity contribution in [2.24, 2.45) is 4.99 Å². The first-order valence-corrected chi connectivity index (χ1v) is 7.44. The number of nitrogens with one attached hydrogen (secondary N) is 1. The molecule has 2 aliphatic rings. The number of hydrogen-bond acceptors (Lipinski definition) is 4. The third-order valence-corrected chi connectivity index (χ3v) is 4.07. The first-order valence-electron chi connectivity index (χ1n) is 7.44. The summed E-state index contributed by atoms with van der Waals surface area (Å²) in [5.74, 6) is 0.402. The smallest absolute Gasteiger partial charge is 0.382 e. The summed E-state index contributed by atoms with van der Waals surface area (Å²) in [5, 5.41) is 11.6. The van der Waals surface area contributed by atoms with E-state index in [4.69, 9.17) is 9.84 Å². The molecule has 128 valence electrons. The summed E-state index contributed by atoms with van der Waals surface area (Å²) in [6, 6.07) is 0.370. The van der Waals surface area contributed by atoms with Crippen LogP contribution in [0.2, 0.25) is 0 Å². The molecule has 0 aromatic rings. The van der Waals surface area contributed by atoms with Gasteiger partial charge in [-0.3, -0.25) is 9.89 Å². The molecule has 2 N–H and O–H groups in total. The van der Waals surface area contributed by atoms with Gasteiger partial charge in [0, 0.05) is 39.3 Å². The molecule has 0 aromatic carbocycles. The van der Waals surface area contributed by atoms with Crippen molar-refractivity contribution < 1.29 is 23.0 Å². The van der Waals surface area contributed by atoms with E-state index in [0.29, 0.717) is 12.0 Å². The molecule has 0 saturated carbocycles. The lowest BCUT2D eigenvalue weighted by Gasteiger charge is -2.32. The van der Waals surface area contributed by atoms with Gasteiger partial charge in [0.25, 0.3) is 0 Å². The molecular weight excluding hydrogens is 301 g/mol. The molecule has 0 aliphatic carbocycles. The van der Waals surface area contributed by atoms with Crippen molar-refractivity contribution in [2.75, 3.05) is 53.0 Å². The zero-order chi connectivity index (χ0) is 16.2.